The van der Waals surface area contributed by atoms with Crippen molar-refractivity contribution >= 4 is 46.3 Å². The molecule has 2 amide bonds. The van der Waals surface area contributed by atoms with E-state index in [0.29, 0.717) is 17.0 Å². The summed E-state index contributed by atoms with van der Waals surface area (Å²) in [6, 6.07) is 18.6. The van der Waals surface area contributed by atoms with E-state index < -0.39 is 17.6 Å². The zero-order chi connectivity index (χ0) is 24.6. The maximum Gasteiger partial charge on any atom is 0.416 e. The Labute approximate surface area is 207 Å². The van der Waals surface area contributed by atoms with Crippen LogP contribution in [0.3, 0.4) is 0 Å². The molecule has 0 spiro atoms. The Morgan fingerprint density at radius 3 is 2.35 bits per heavy atom. The number of rotatable bonds is 8. The summed E-state index contributed by atoms with van der Waals surface area (Å²) in [7, 11) is 0. The van der Waals surface area contributed by atoms with Crippen molar-refractivity contribution in [1.29, 1.82) is 0 Å². The van der Waals surface area contributed by atoms with Gasteiger partial charge in [-0.1, -0.05) is 18.2 Å². The number of ether oxygens (including phenoxy) is 1. The molecule has 2 N–H and O–H groups in total. The summed E-state index contributed by atoms with van der Waals surface area (Å²) in [6.45, 7) is -0.162. The summed E-state index contributed by atoms with van der Waals surface area (Å²) in [5, 5.41) is 6.55. The minimum Gasteiger partial charge on any atom is -0.484 e. The number of benzene rings is 3. The Hall–Kier alpha value is -3.41. The highest BCUT2D eigenvalue weighted by atomic mass is 127. The summed E-state index contributed by atoms with van der Waals surface area (Å²) in [6.07, 6.45) is -3.32. The number of nitrogens with zero attached hydrogens (tertiary/aromatic N) is 1. The van der Waals surface area contributed by atoms with Gasteiger partial charge in [0, 0.05) is 9.26 Å². The second-order valence-electron chi connectivity index (χ2n) is 7.08. The van der Waals surface area contributed by atoms with E-state index in [-0.39, 0.29) is 24.5 Å². The molecular formula is C24H19F3IN3O3. The van der Waals surface area contributed by atoms with E-state index in [1.54, 1.807) is 36.4 Å². The molecule has 3 rings (SSSR count). The summed E-state index contributed by atoms with van der Waals surface area (Å²) in [5.41, 5.74) is 3.03. The number of hydrogen-bond acceptors (Lipinski definition) is 4. The highest BCUT2D eigenvalue weighted by Gasteiger charge is 2.30. The first-order valence-electron chi connectivity index (χ1n) is 9.95. The number of halogens is 4. The first-order chi connectivity index (χ1) is 16.2. The van der Waals surface area contributed by atoms with Gasteiger partial charge in [-0.3, -0.25) is 9.59 Å². The average Bonchev–Trinajstić information content (AvgIpc) is 2.80. The van der Waals surface area contributed by atoms with Crippen molar-refractivity contribution in [1.82, 2.24) is 5.43 Å². The van der Waals surface area contributed by atoms with Crippen molar-refractivity contribution in [3.8, 4) is 5.75 Å². The van der Waals surface area contributed by atoms with Crippen molar-refractivity contribution < 1.29 is 27.5 Å². The van der Waals surface area contributed by atoms with Crippen LogP contribution in [0.4, 0.5) is 18.9 Å². The van der Waals surface area contributed by atoms with Crippen LogP contribution in [0.15, 0.2) is 77.9 Å². The molecule has 10 heteroatoms. The molecule has 0 heterocycles. The Kier molecular flexibility index (Phi) is 8.63. The Morgan fingerprint density at radius 2 is 1.68 bits per heavy atom. The summed E-state index contributed by atoms with van der Waals surface area (Å²) in [4.78, 5) is 23.9. The maximum atomic E-state index is 12.8. The van der Waals surface area contributed by atoms with Crippen LogP contribution in [0.5, 0.6) is 5.75 Å². The van der Waals surface area contributed by atoms with Crippen molar-refractivity contribution in [3.05, 3.63) is 93.1 Å². The van der Waals surface area contributed by atoms with Gasteiger partial charge in [0.2, 0.25) is 5.91 Å². The number of hydrazone groups is 1. The van der Waals surface area contributed by atoms with Gasteiger partial charge in [-0.25, -0.2) is 5.43 Å². The number of nitrogens with one attached hydrogen (secondary N) is 2. The lowest BCUT2D eigenvalue weighted by Crippen LogP contribution is -2.20. The molecule has 0 unspecified atom stereocenters. The molecule has 0 bridgehead atoms. The SMILES string of the molecule is O=C(Cc1cccc(C(F)(F)F)c1)N/N=C\c1ccc(OCC(=O)Nc2ccc(I)cc2)cc1. The lowest BCUT2D eigenvalue weighted by Gasteiger charge is -2.08. The number of hydrogen-bond donors (Lipinski definition) is 2. The van der Waals surface area contributed by atoms with Crippen molar-refractivity contribution in [3.63, 3.8) is 0 Å². The van der Waals surface area contributed by atoms with E-state index in [2.05, 4.69) is 38.4 Å². The van der Waals surface area contributed by atoms with Gasteiger partial charge in [-0.15, -0.1) is 0 Å². The monoisotopic (exact) mass is 581 g/mol. The van der Waals surface area contributed by atoms with Crippen LogP contribution in [-0.2, 0) is 22.2 Å². The van der Waals surface area contributed by atoms with Gasteiger partial charge >= 0.3 is 6.18 Å². The van der Waals surface area contributed by atoms with E-state index in [1.807, 2.05) is 12.1 Å². The van der Waals surface area contributed by atoms with Crippen LogP contribution in [0.25, 0.3) is 0 Å². The average molecular weight is 581 g/mol. The molecule has 34 heavy (non-hydrogen) atoms. The highest BCUT2D eigenvalue weighted by molar-refractivity contribution is 14.1. The molecule has 0 radical (unpaired) electrons. The fourth-order valence-corrected chi connectivity index (χ4v) is 3.15. The predicted octanol–water partition coefficient (Wildman–Crippen LogP) is 5.02. The third kappa shape index (κ3) is 8.18. The molecule has 0 aliphatic rings. The molecule has 0 fully saturated rings. The molecule has 3 aromatic carbocycles. The van der Waals surface area contributed by atoms with Crippen molar-refractivity contribution in [2.75, 3.05) is 11.9 Å². The Balaban J connectivity index is 1.44. The lowest BCUT2D eigenvalue weighted by atomic mass is 10.1. The number of amides is 2. The van der Waals surface area contributed by atoms with Crippen LogP contribution < -0.4 is 15.5 Å². The van der Waals surface area contributed by atoms with Gasteiger partial charge in [-0.2, -0.15) is 18.3 Å². The van der Waals surface area contributed by atoms with E-state index in [4.69, 9.17) is 4.74 Å². The van der Waals surface area contributed by atoms with Crippen LogP contribution in [0.1, 0.15) is 16.7 Å². The largest absolute Gasteiger partial charge is 0.484 e. The maximum absolute atomic E-state index is 12.8. The molecule has 176 valence electrons. The van der Waals surface area contributed by atoms with Crippen molar-refractivity contribution in [2.45, 2.75) is 12.6 Å². The Bertz CT molecular complexity index is 1160. The predicted molar refractivity (Wildman–Crippen MR) is 131 cm³/mol. The van der Waals surface area contributed by atoms with E-state index in [1.165, 1.54) is 18.3 Å². The number of alkyl halides is 3. The topological polar surface area (TPSA) is 79.8 Å². The van der Waals surface area contributed by atoms with Gasteiger partial charge in [0.15, 0.2) is 6.61 Å². The first-order valence-corrected chi connectivity index (χ1v) is 11.0. The standard InChI is InChI=1S/C24H19F3IN3O3/c25-24(26,27)18-3-1-2-17(12-18)13-22(32)31-29-14-16-4-10-21(11-5-16)34-15-23(33)30-20-8-6-19(28)7-9-20/h1-12,14H,13,15H2,(H,30,33)(H,31,32)/b29-14-. The van der Waals surface area contributed by atoms with Crippen LogP contribution in [0, 0.1) is 3.57 Å². The van der Waals surface area contributed by atoms with Crippen LogP contribution in [0.2, 0.25) is 0 Å². The summed E-state index contributed by atoms with van der Waals surface area (Å²) in [5.74, 6) is -0.367. The molecule has 0 aliphatic heterocycles. The highest BCUT2D eigenvalue weighted by Crippen LogP contribution is 2.29. The molecular weight excluding hydrogens is 562 g/mol. The van der Waals surface area contributed by atoms with E-state index in [9.17, 15) is 22.8 Å². The minimum atomic E-state index is -4.47. The quantitative estimate of drug-likeness (QED) is 0.223. The smallest absolute Gasteiger partial charge is 0.416 e. The number of anilines is 1. The zero-order valence-corrected chi connectivity index (χ0v) is 19.8. The van der Waals surface area contributed by atoms with E-state index in [0.717, 1.165) is 15.7 Å². The fraction of sp³-hybridized carbons (Fsp3) is 0.125. The number of carbonyl (C=O) groups excluding carboxylic acids is 2. The zero-order valence-electron chi connectivity index (χ0n) is 17.6. The molecule has 0 atom stereocenters. The van der Waals surface area contributed by atoms with Gasteiger partial charge < -0.3 is 10.1 Å². The molecule has 6 nitrogen and oxygen atoms in total. The molecule has 0 saturated carbocycles. The molecule has 0 aliphatic carbocycles. The van der Waals surface area contributed by atoms with Crippen LogP contribution in [-0.4, -0.2) is 24.6 Å². The number of carbonyl (C=O) groups is 2. The molecule has 0 aromatic heterocycles. The fourth-order valence-electron chi connectivity index (χ4n) is 2.79. The summed E-state index contributed by atoms with van der Waals surface area (Å²) >= 11 is 2.17. The normalized spacial score (nSPS) is 11.3. The van der Waals surface area contributed by atoms with Gasteiger partial charge in [0.05, 0.1) is 18.2 Å². The Morgan fingerprint density at radius 1 is 0.971 bits per heavy atom. The van der Waals surface area contributed by atoms with Gasteiger partial charge in [-0.05, 0) is 88.3 Å². The van der Waals surface area contributed by atoms with Gasteiger partial charge in [0.1, 0.15) is 5.75 Å². The first kappa shape index (κ1) is 25.2. The second-order valence-corrected chi connectivity index (χ2v) is 8.33. The second kappa shape index (κ2) is 11.6. The van der Waals surface area contributed by atoms with Crippen LogP contribution >= 0.6 is 22.6 Å². The molecule has 0 saturated heterocycles. The van der Waals surface area contributed by atoms with E-state index >= 15 is 0 Å². The van der Waals surface area contributed by atoms with Crippen molar-refractivity contribution in [2.24, 2.45) is 5.10 Å². The lowest BCUT2D eigenvalue weighted by molar-refractivity contribution is -0.137. The summed E-state index contributed by atoms with van der Waals surface area (Å²) < 4.78 is 44.8. The minimum absolute atomic E-state index is 0.162. The third-order valence-electron chi connectivity index (χ3n) is 4.40. The third-order valence-corrected chi connectivity index (χ3v) is 5.12. The molecule has 3 aromatic rings. The van der Waals surface area contributed by atoms with Gasteiger partial charge in [0.25, 0.3) is 5.91 Å².